The summed E-state index contributed by atoms with van der Waals surface area (Å²) in [6.07, 6.45) is 1.15. The summed E-state index contributed by atoms with van der Waals surface area (Å²) >= 11 is 5.93. The molecule has 2 atom stereocenters. The molecule has 7 heteroatoms. The van der Waals surface area contributed by atoms with E-state index in [1.807, 2.05) is 24.3 Å². The van der Waals surface area contributed by atoms with Gasteiger partial charge in [0.15, 0.2) is 0 Å². The van der Waals surface area contributed by atoms with Gasteiger partial charge in [0.1, 0.15) is 30.3 Å². The van der Waals surface area contributed by atoms with Crippen molar-refractivity contribution in [3.05, 3.63) is 82.9 Å². The van der Waals surface area contributed by atoms with E-state index >= 15 is 0 Å². The molecule has 6 nitrogen and oxygen atoms in total. The van der Waals surface area contributed by atoms with Crippen LogP contribution in [0.4, 0.5) is 0 Å². The van der Waals surface area contributed by atoms with Gasteiger partial charge in [-0.1, -0.05) is 35.9 Å². The molecule has 0 spiro atoms. The van der Waals surface area contributed by atoms with Gasteiger partial charge < -0.3 is 25.0 Å². The van der Waals surface area contributed by atoms with Crippen molar-refractivity contribution >= 4 is 17.6 Å². The Morgan fingerprint density at radius 2 is 1.91 bits per heavy atom. The van der Waals surface area contributed by atoms with E-state index in [1.54, 1.807) is 36.4 Å². The highest BCUT2D eigenvalue weighted by molar-refractivity contribution is 6.30. The van der Waals surface area contributed by atoms with Crippen LogP contribution in [-0.2, 0) is 6.42 Å². The molecule has 2 unspecified atom stereocenters. The number of benzene rings is 3. The number of aliphatic hydroxyl groups excluding tert-OH is 1. The number of carbonyl (C=O) groups is 1. The zero-order chi connectivity index (χ0) is 23.2. The number of rotatable bonds is 9. The predicted molar refractivity (Wildman–Crippen MR) is 127 cm³/mol. The number of nitrogens with one attached hydrogen (secondary N) is 1. The second-order valence-corrected chi connectivity index (χ2v) is 8.50. The van der Waals surface area contributed by atoms with Crippen molar-refractivity contribution in [2.24, 2.45) is 0 Å². The van der Waals surface area contributed by atoms with Crippen LogP contribution in [0.2, 0.25) is 5.02 Å². The number of carboxylic acid groups (broad SMARTS) is 1. The van der Waals surface area contributed by atoms with Crippen LogP contribution >= 0.6 is 11.6 Å². The van der Waals surface area contributed by atoms with Crippen LogP contribution in [0.3, 0.4) is 0 Å². The summed E-state index contributed by atoms with van der Waals surface area (Å²) in [5, 5.41) is 23.1. The molecule has 0 amide bonds. The zero-order valence-corrected chi connectivity index (χ0v) is 18.8. The Kier molecular flexibility index (Phi) is 7.50. The first-order valence-corrected chi connectivity index (χ1v) is 11.3. The quantitative estimate of drug-likeness (QED) is 0.431. The third-order valence-corrected chi connectivity index (χ3v) is 5.78. The summed E-state index contributed by atoms with van der Waals surface area (Å²) < 4.78 is 11.7. The molecule has 0 fully saturated rings. The lowest BCUT2D eigenvalue weighted by atomic mass is 9.96. The van der Waals surface area contributed by atoms with Crippen molar-refractivity contribution in [3.8, 4) is 22.6 Å². The van der Waals surface area contributed by atoms with Crippen molar-refractivity contribution in [2.75, 3.05) is 19.7 Å². The van der Waals surface area contributed by atoms with Crippen molar-refractivity contribution < 1.29 is 24.5 Å². The molecular weight excluding hydrogens is 442 g/mol. The Hall–Kier alpha value is -3.06. The molecule has 1 aliphatic heterocycles. The molecule has 1 heterocycles. The zero-order valence-electron chi connectivity index (χ0n) is 18.0. The number of hydrogen-bond donors (Lipinski definition) is 3. The molecule has 0 saturated heterocycles. The van der Waals surface area contributed by atoms with Gasteiger partial charge in [-0.2, -0.15) is 0 Å². The normalized spacial score (nSPS) is 15.9. The van der Waals surface area contributed by atoms with Crippen LogP contribution in [0.25, 0.3) is 11.1 Å². The lowest BCUT2D eigenvalue weighted by Crippen LogP contribution is -2.39. The van der Waals surface area contributed by atoms with Gasteiger partial charge in [0, 0.05) is 18.1 Å². The molecule has 3 N–H and O–H groups in total. The Balaban J connectivity index is 1.24. The van der Waals surface area contributed by atoms with E-state index in [4.69, 9.17) is 26.2 Å². The first-order valence-electron chi connectivity index (χ1n) is 10.9. The molecule has 0 aliphatic carbocycles. The van der Waals surface area contributed by atoms with Crippen molar-refractivity contribution in [1.29, 1.82) is 0 Å². The van der Waals surface area contributed by atoms with E-state index in [2.05, 4.69) is 11.4 Å². The maximum Gasteiger partial charge on any atom is 0.335 e. The first-order chi connectivity index (χ1) is 16.0. The Morgan fingerprint density at radius 3 is 2.67 bits per heavy atom. The molecule has 172 valence electrons. The van der Waals surface area contributed by atoms with E-state index in [9.17, 15) is 9.90 Å². The second-order valence-electron chi connectivity index (χ2n) is 8.06. The number of aliphatic hydroxyl groups is 1. The minimum atomic E-state index is -0.929. The van der Waals surface area contributed by atoms with Gasteiger partial charge in [0.2, 0.25) is 0 Å². The monoisotopic (exact) mass is 467 g/mol. The average Bonchev–Trinajstić information content (AvgIpc) is 2.82. The summed E-state index contributed by atoms with van der Waals surface area (Å²) in [5.41, 5.74) is 3.42. The predicted octanol–water partition coefficient (Wildman–Crippen LogP) is 4.43. The standard InChI is InChI=1S/C26H26ClNO5/c27-21-2-1-3-23(13-21)32-16-22(29)14-28-15-24-10-8-20-12-19(9-11-25(20)33-24)17-4-6-18(7-5-17)26(30)31/h1-7,9,11-13,22,24,28-29H,8,10,14-16H2,(H,30,31). The highest BCUT2D eigenvalue weighted by Gasteiger charge is 2.20. The highest BCUT2D eigenvalue weighted by atomic mass is 35.5. The Bertz CT molecular complexity index is 1100. The van der Waals surface area contributed by atoms with Crippen LogP contribution in [0, 0.1) is 0 Å². The second kappa shape index (κ2) is 10.7. The lowest BCUT2D eigenvalue weighted by molar-refractivity contribution is 0.0697. The minimum absolute atomic E-state index is 0.0271. The molecule has 3 aromatic rings. The summed E-state index contributed by atoms with van der Waals surface area (Å²) in [4.78, 5) is 11.0. The highest BCUT2D eigenvalue weighted by Crippen LogP contribution is 2.32. The van der Waals surface area contributed by atoms with Gasteiger partial charge >= 0.3 is 5.97 Å². The molecule has 1 aliphatic rings. The molecule has 0 radical (unpaired) electrons. The van der Waals surface area contributed by atoms with Gasteiger partial charge in [-0.25, -0.2) is 4.79 Å². The fraction of sp³-hybridized carbons (Fsp3) is 0.269. The molecule has 0 bridgehead atoms. The Morgan fingerprint density at radius 1 is 1.12 bits per heavy atom. The SMILES string of the molecule is O=C(O)c1ccc(-c2ccc3c(c2)CCC(CNCC(O)COc2cccc(Cl)c2)O3)cc1. The van der Waals surface area contributed by atoms with E-state index in [0.29, 0.717) is 23.9 Å². The van der Waals surface area contributed by atoms with E-state index < -0.39 is 12.1 Å². The first kappa shape index (κ1) is 23.1. The van der Waals surface area contributed by atoms with E-state index in [-0.39, 0.29) is 18.3 Å². The average molecular weight is 468 g/mol. The maximum absolute atomic E-state index is 11.0. The van der Waals surface area contributed by atoms with Crippen LogP contribution in [0.15, 0.2) is 66.7 Å². The molecule has 0 aromatic heterocycles. The van der Waals surface area contributed by atoms with Crippen molar-refractivity contribution in [3.63, 3.8) is 0 Å². The summed E-state index contributed by atoms with van der Waals surface area (Å²) in [6.45, 7) is 1.21. The van der Waals surface area contributed by atoms with Crippen LogP contribution in [0.5, 0.6) is 11.5 Å². The molecular formula is C26H26ClNO5. The third-order valence-electron chi connectivity index (χ3n) is 5.55. The number of aryl methyl sites for hydroxylation is 1. The van der Waals surface area contributed by atoms with Crippen LogP contribution in [-0.4, -0.2) is 48.1 Å². The minimum Gasteiger partial charge on any atom is -0.491 e. The lowest BCUT2D eigenvalue weighted by Gasteiger charge is -2.27. The summed E-state index contributed by atoms with van der Waals surface area (Å²) in [7, 11) is 0. The Labute approximate surface area is 197 Å². The smallest absolute Gasteiger partial charge is 0.335 e. The number of fused-ring (bicyclic) bond motifs is 1. The maximum atomic E-state index is 11.0. The van der Waals surface area contributed by atoms with Gasteiger partial charge in [-0.3, -0.25) is 0 Å². The third kappa shape index (κ3) is 6.26. The van der Waals surface area contributed by atoms with Crippen LogP contribution in [0.1, 0.15) is 22.3 Å². The number of carboxylic acids is 1. The van der Waals surface area contributed by atoms with Crippen molar-refractivity contribution in [1.82, 2.24) is 5.32 Å². The fourth-order valence-electron chi connectivity index (χ4n) is 3.79. The van der Waals surface area contributed by atoms with Gasteiger partial charge in [-0.05, 0) is 72.0 Å². The molecule has 33 heavy (non-hydrogen) atoms. The number of halogens is 1. The largest absolute Gasteiger partial charge is 0.491 e. The fourth-order valence-corrected chi connectivity index (χ4v) is 3.97. The van der Waals surface area contributed by atoms with E-state index in [1.165, 1.54) is 0 Å². The topological polar surface area (TPSA) is 88.0 Å². The summed E-state index contributed by atoms with van der Waals surface area (Å²) in [5.74, 6) is 0.566. The van der Waals surface area contributed by atoms with Gasteiger partial charge in [0.25, 0.3) is 0 Å². The molecule has 3 aromatic carbocycles. The summed E-state index contributed by atoms with van der Waals surface area (Å²) in [6, 6.07) is 20.0. The van der Waals surface area contributed by atoms with E-state index in [0.717, 1.165) is 35.3 Å². The number of ether oxygens (including phenoxy) is 2. The molecule has 0 saturated carbocycles. The van der Waals surface area contributed by atoms with Gasteiger partial charge in [0.05, 0.1) is 5.56 Å². The van der Waals surface area contributed by atoms with Crippen LogP contribution < -0.4 is 14.8 Å². The number of aromatic carboxylic acids is 1. The number of hydrogen-bond acceptors (Lipinski definition) is 5. The van der Waals surface area contributed by atoms with Gasteiger partial charge in [-0.15, -0.1) is 0 Å². The molecule has 4 rings (SSSR count). The van der Waals surface area contributed by atoms with Crippen molar-refractivity contribution in [2.45, 2.75) is 25.0 Å².